The number of methoxy groups -OCH3 is 2. The second-order valence-corrected chi connectivity index (χ2v) is 3.94. The van der Waals surface area contributed by atoms with Gasteiger partial charge in [0.25, 0.3) is 0 Å². The van der Waals surface area contributed by atoms with E-state index < -0.39 is 12.0 Å². The highest BCUT2D eigenvalue weighted by Crippen LogP contribution is 2.32. The average Bonchev–Trinajstić information content (AvgIpc) is 2.38. The summed E-state index contributed by atoms with van der Waals surface area (Å²) in [6.07, 6.45) is 0. The first kappa shape index (κ1) is 14.8. The molecular formula is C13H17NO5. The smallest absolute Gasteiger partial charge is 0.326 e. The van der Waals surface area contributed by atoms with Crippen molar-refractivity contribution in [2.45, 2.75) is 19.9 Å². The molecule has 104 valence electrons. The zero-order valence-electron chi connectivity index (χ0n) is 11.3. The van der Waals surface area contributed by atoms with Crippen molar-refractivity contribution < 1.29 is 24.2 Å². The fraction of sp³-hybridized carbons (Fsp3) is 0.385. The van der Waals surface area contributed by atoms with E-state index in [4.69, 9.17) is 14.6 Å². The molecule has 1 atom stereocenters. The van der Waals surface area contributed by atoms with Crippen molar-refractivity contribution in [3.8, 4) is 11.5 Å². The van der Waals surface area contributed by atoms with Crippen LogP contribution >= 0.6 is 0 Å². The maximum absolute atomic E-state index is 11.6. The van der Waals surface area contributed by atoms with Gasteiger partial charge in [-0.3, -0.25) is 9.69 Å². The second kappa shape index (κ2) is 6.08. The second-order valence-electron chi connectivity index (χ2n) is 3.94. The van der Waals surface area contributed by atoms with Crippen molar-refractivity contribution in [2.24, 2.45) is 0 Å². The van der Waals surface area contributed by atoms with Crippen molar-refractivity contribution in [1.82, 2.24) is 0 Å². The van der Waals surface area contributed by atoms with E-state index in [1.807, 2.05) is 0 Å². The van der Waals surface area contributed by atoms with Crippen LogP contribution in [0.4, 0.5) is 5.69 Å². The van der Waals surface area contributed by atoms with E-state index in [2.05, 4.69) is 0 Å². The first-order valence-corrected chi connectivity index (χ1v) is 5.67. The molecular weight excluding hydrogens is 250 g/mol. The van der Waals surface area contributed by atoms with Crippen molar-refractivity contribution in [1.29, 1.82) is 0 Å². The number of hydrogen-bond acceptors (Lipinski definition) is 4. The van der Waals surface area contributed by atoms with Gasteiger partial charge in [-0.15, -0.1) is 0 Å². The third-order valence-corrected chi connectivity index (χ3v) is 2.73. The summed E-state index contributed by atoms with van der Waals surface area (Å²) in [4.78, 5) is 23.9. The van der Waals surface area contributed by atoms with Gasteiger partial charge in [0.1, 0.15) is 6.04 Å². The molecule has 0 aliphatic heterocycles. The maximum atomic E-state index is 11.6. The van der Waals surface area contributed by atoms with Gasteiger partial charge in [0.05, 0.1) is 14.2 Å². The Hall–Kier alpha value is -2.24. The molecule has 1 aromatic rings. The number of anilines is 1. The lowest BCUT2D eigenvalue weighted by Gasteiger charge is -2.25. The standard InChI is InChI=1S/C13H17NO5/c1-8(13(16)17)14(9(2)15)10-5-6-11(18-3)12(7-10)19-4/h5-8H,1-4H3,(H,16,17)/t8-/m1/s1. The van der Waals surface area contributed by atoms with E-state index in [9.17, 15) is 9.59 Å². The number of hydrogen-bond donors (Lipinski definition) is 1. The van der Waals surface area contributed by atoms with Crippen molar-refractivity contribution >= 4 is 17.6 Å². The third-order valence-electron chi connectivity index (χ3n) is 2.73. The van der Waals surface area contributed by atoms with E-state index in [0.29, 0.717) is 17.2 Å². The molecule has 0 aromatic heterocycles. The van der Waals surface area contributed by atoms with Gasteiger partial charge < -0.3 is 14.6 Å². The first-order chi connectivity index (χ1) is 8.92. The molecule has 1 rings (SSSR count). The molecule has 0 bridgehead atoms. The SMILES string of the molecule is COc1ccc(N(C(C)=O)[C@H](C)C(=O)O)cc1OC. The Kier molecular flexibility index (Phi) is 4.74. The predicted molar refractivity (Wildman–Crippen MR) is 69.8 cm³/mol. The normalized spacial score (nSPS) is 11.6. The van der Waals surface area contributed by atoms with E-state index in [0.717, 1.165) is 0 Å². The fourth-order valence-electron chi connectivity index (χ4n) is 1.76. The number of nitrogens with zero attached hydrogens (tertiary/aromatic N) is 1. The molecule has 6 heteroatoms. The van der Waals surface area contributed by atoms with Crippen molar-refractivity contribution in [3.63, 3.8) is 0 Å². The Labute approximate surface area is 111 Å². The number of rotatable bonds is 5. The summed E-state index contributed by atoms with van der Waals surface area (Å²) in [6, 6.07) is 3.84. The molecule has 19 heavy (non-hydrogen) atoms. The number of carbonyl (C=O) groups excluding carboxylic acids is 1. The molecule has 1 aromatic carbocycles. The summed E-state index contributed by atoms with van der Waals surface area (Å²) in [5, 5.41) is 9.04. The first-order valence-electron chi connectivity index (χ1n) is 5.67. The lowest BCUT2D eigenvalue weighted by atomic mass is 10.2. The minimum absolute atomic E-state index is 0.359. The van der Waals surface area contributed by atoms with Gasteiger partial charge >= 0.3 is 5.97 Å². The zero-order chi connectivity index (χ0) is 14.6. The van der Waals surface area contributed by atoms with E-state index in [1.165, 1.54) is 33.0 Å². The van der Waals surface area contributed by atoms with Crippen LogP contribution in [-0.2, 0) is 9.59 Å². The summed E-state index contributed by atoms with van der Waals surface area (Å²) in [5.41, 5.74) is 0.444. The van der Waals surface area contributed by atoms with Crippen LogP contribution in [0.3, 0.4) is 0 Å². The van der Waals surface area contributed by atoms with Crippen molar-refractivity contribution in [2.75, 3.05) is 19.1 Å². The lowest BCUT2D eigenvalue weighted by molar-refractivity contribution is -0.139. The molecule has 0 fully saturated rings. The maximum Gasteiger partial charge on any atom is 0.326 e. The molecule has 0 saturated heterocycles. The highest BCUT2D eigenvalue weighted by atomic mass is 16.5. The summed E-state index contributed by atoms with van der Waals surface area (Å²) in [5.74, 6) is -0.492. The average molecular weight is 267 g/mol. The number of benzene rings is 1. The molecule has 0 aliphatic rings. The summed E-state index contributed by atoms with van der Waals surface area (Å²) in [6.45, 7) is 2.76. The Bertz CT molecular complexity index is 486. The zero-order valence-corrected chi connectivity index (χ0v) is 11.3. The fourth-order valence-corrected chi connectivity index (χ4v) is 1.76. The number of ether oxygens (including phenoxy) is 2. The van der Waals surface area contributed by atoms with Gasteiger partial charge in [0.15, 0.2) is 11.5 Å². The van der Waals surface area contributed by atoms with Crippen LogP contribution in [0.25, 0.3) is 0 Å². The van der Waals surface area contributed by atoms with Crippen molar-refractivity contribution in [3.05, 3.63) is 18.2 Å². The molecule has 1 amide bonds. The van der Waals surface area contributed by atoms with Crippen LogP contribution in [0, 0.1) is 0 Å². The number of carboxylic acid groups (broad SMARTS) is 1. The van der Waals surface area contributed by atoms with Gasteiger partial charge in [-0.05, 0) is 19.1 Å². The molecule has 0 aliphatic carbocycles. The predicted octanol–water partition coefficient (Wildman–Crippen LogP) is 1.53. The monoisotopic (exact) mass is 267 g/mol. The Morgan fingerprint density at radius 1 is 1.21 bits per heavy atom. The minimum atomic E-state index is -1.08. The van der Waals surface area contributed by atoms with Gasteiger partial charge in [0.2, 0.25) is 5.91 Å². The third kappa shape index (κ3) is 3.15. The van der Waals surface area contributed by atoms with Crippen LogP contribution in [0.5, 0.6) is 11.5 Å². The molecule has 0 radical (unpaired) electrons. The topological polar surface area (TPSA) is 76.1 Å². The summed E-state index contributed by atoms with van der Waals surface area (Å²) in [7, 11) is 2.97. The van der Waals surface area contributed by atoms with E-state index in [-0.39, 0.29) is 5.91 Å². The Morgan fingerprint density at radius 3 is 2.21 bits per heavy atom. The number of carboxylic acids is 1. The van der Waals surface area contributed by atoms with E-state index in [1.54, 1.807) is 18.2 Å². The van der Waals surface area contributed by atoms with Crippen LogP contribution in [0.2, 0.25) is 0 Å². The molecule has 0 spiro atoms. The highest BCUT2D eigenvalue weighted by Gasteiger charge is 2.25. The van der Waals surface area contributed by atoms with Crippen LogP contribution in [-0.4, -0.2) is 37.2 Å². The van der Waals surface area contributed by atoms with Gasteiger partial charge in [0, 0.05) is 18.7 Å². The lowest BCUT2D eigenvalue weighted by Crippen LogP contribution is -2.42. The number of carbonyl (C=O) groups is 2. The summed E-state index contributed by atoms with van der Waals surface area (Å²) >= 11 is 0. The number of aliphatic carboxylic acids is 1. The largest absolute Gasteiger partial charge is 0.493 e. The molecule has 0 saturated carbocycles. The Morgan fingerprint density at radius 2 is 1.79 bits per heavy atom. The molecule has 6 nitrogen and oxygen atoms in total. The van der Waals surface area contributed by atoms with Gasteiger partial charge in [-0.2, -0.15) is 0 Å². The highest BCUT2D eigenvalue weighted by molar-refractivity contribution is 5.97. The van der Waals surface area contributed by atoms with Gasteiger partial charge in [-0.25, -0.2) is 4.79 Å². The van der Waals surface area contributed by atoms with Crippen LogP contribution in [0.15, 0.2) is 18.2 Å². The van der Waals surface area contributed by atoms with E-state index >= 15 is 0 Å². The molecule has 1 N–H and O–H groups in total. The molecule has 0 heterocycles. The van der Waals surface area contributed by atoms with Gasteiger partial charge in [-0.1, -0.05) is 0 Å². The summed E-state index contributed by atoms with van der Waals surface area (Å²) < 4.78 is 10.2. The Balaban J connectivity index is 3.24. The minimum Gasteiger partial charge on any atom is -0.493 e. The van der Waals surface area contributed by atoms with Crippen LogP contribution in [0.1, 0.15) is 13.8 Å². The molecule has 0 unspecified atom stereocenters. The quantitative estimate of drug-likeness (QED) is 0.875. The number of amides is 1. The van der Waals surface area contributed by atoms with Crippen LogP contribution < -0.4 is 14.4 Å².